The van der Waals surface area contributed by atoms with Crippen LogP contribution in [-0.4, -0.2) is 61.2 Å². The predicted molar refractivity (Wildman–Crippen MR) is 116 cm³/mol. The van der Waals surface area contributed by atoms with Gasteiger partial charge in [0, 0.05) is 49.8 Å². The van der Waals surface area contributed by atoms with Crippen LogP contribution >= 0.6 is 0 Å². The highest BCUT2D eigenvalue weighted by atomic mass is 16.2. The second-order valence-electron chi connectivity index (χ2n) is 7.95. The van der Waals surface area contributed by atoms with E-state index in [1.807, 2.05) is 34.8 Å². The van der Waals surface area contributed by atoms with Crippen molar-refractivity contribution in [2.24, 2.45) is 0 Å². The van der Waals surface area contributed by atoms with Gasteiger partial charge in [-0.05, 0) is 63.0 Å². The van der Waals surface area contributed by atoms with Gasteiger partial charge in [-0.3, -0.25) is 19.1 Å². The smallest absolute Gasteiger partial charge is 0.276 e. The Hall–Kier alpha value is -2.80. The zero-order chi connectivity index (χ0) is 20.9. The monoisotopic (exact) mass is 406 g/mol. The van der Waals surface area contributed by atoms with Crippen molar-refractivity contribution in [1.29, 1.82) is 0 Å². The third kappa shape index (κ3) is 4.21. The van der Waals surface area contributed by atoms with Gasteiger partial charge in [-0.25, -0.2) is 9.97 Å². The Bertz CT molecular complexity index is 978. The van der Waals surface area contributed by atoms with Crippen molar-refractivity contribution in [2.75, 3.05) is 26.2 Å². The fourth-order valence-corrected chi connectivity index (χ4v) is 4.36. The number of piperidine rings is 1. The molecule has 1 saturated heterocycles. The fraction of sp³-hybridized carbons (Fsp3) is 0.478. The summed E-state index contributed by atoms with van der Waals surface area (Å²) in [5, 5.41) is 0. The van der Waals surface area contributed by atoms with Crippen molar-refractivity contribution in [3.63, 3.8) is 0 Å². The Morgan fingerprint density at radius 2 is 1.87 bits per heavy atom. The largest absolute Gasteiger partial charge is 0.337 e. The molecule has 4 rings (SSSR count). The molecule has 1 amide bonds. The van der Waals surface area contributed by atoms with Crippen molar-refractivity contribution in [2.45, 2.75) is 45.6 Å². The number of fused-ring (bicyclic) bond motifs is 1. The van der Waals surface area contributed by atoms with Crippen LogP contribution in [0.1, 0.15) is 60.8 Å². The molecule has 1 aliphatic rings. The molecule has 0 aromatic carbocycles. The summed E-state index contributed by atoms with van der Waals surface area (Å²) in [6.07, 6.45) is 10.4. The van der Waals surface area contributed by atoms with E-state index in [9.17, 15) is 4.79 Å². The first-order valence-corrected chi connectivity index (χ1v) is 10.9. The number of pyridine rings is 1. The van der Waals surface area contributed by atoms with Gasteiger partial charge in [0.2, 0.25) is 0 Å². The molecule has 1 aliphatic heterocycles. The predicted octanol–water partition coefficient (Wildman–Crippen LogP) is 3.38. The molecule has 1 fully saturated rings. The van der Waals surface area contributed by atoms with Crippen molar-refractivity contribution in [3.05, 3.63) is 60.1 Å². The number of carbonyl (C=O) groups excluding carboxylic acids is 1. The quantitative estimate of drug-likeness (QED) is 0.602. The lowest BCUT2D eigenvalue weighted by Gasteiger charge is -2.32. The van der Waals surface area contributed by atoms with Crippen LogP contribution in [0.2, 0.25) is 0 Å². The van der Waals surface area contributed by atoms with Crippen molar-refractivity contribution in [3.8, 4) is 0 Å². The molecule has 0 bridgehead atoms. The number of carbonyl (C=O) groups is 1. The second kappa shape index (κ2) is 9.34. The first kappa shape index (κ1) is 20.5. The Morgan fingerprint density at radius 3 is 2.57 bits per heavy atom. The lowest BCUT2D eigenvalue weighted by molar-refractivity contribution is 0.0761. The topological polar surface area (TPSA) is 66.6 Å². The van der Waals surface area contributed by atoms with E-state index in [4.69, 9.17) is 0 Å². The van der Waals surface area contributed by atoms with Gasteiger partial charge >= 0.3 is 0 Å². The first-order chi connectivity index (χ1) is 14.7. The molecule has 0 saturated carbocycles. The number of hydrogen-bond donors (Lipinski definition) is 0. The van der Waals surface area contributed by atoms with Gasteiger partial charge in [0.15, 0.2) is 11.3 Å². The van der Waals surface area contributed by atoms with Gasteiger partial charge in [0.05, 0.1) is 0 Å². The van der Waals surface area contributed by atoms with Crippen LogP contribution in [0.3, 0.4) is 0 Å². The molecule has 7 heteroatoms. The molecule has 4 heterocycles. The van der Waals surface area contributed by atoms with Crippen LogP contribution in [-0.2, 0) is 6.54 Å². The van der Waals surface area contributed by atoms with Gasteiger partial charge in [0.25, 0.3) is 5.91 Å². The normalized spacial score (nSPS) is 15.5. The highest BCUT2D eigenvalue weighted by Crippen LogP contribution is 2.29. The molecule has 30 heavy (non-hydrogen) atoms. The van der Waals surface area contributed by atoms with E-state index in [1.165, 1.54) is 11.3 Å². The van der Waals surface area contributed by atoms with Crippen molar-refractivity contribution < 1.29 is 4.79 Å². The lowest BCUT2D eigenvalue weighted by atomic mass is 9.93. The summed E-state index contributed by atoms with van der Waals surface area (Å²) in [6.45, 7) is 8.58. The zero-order valence-electron chi connectivity index (χ0n) is 17.9. The molecule has 3 aromatic heterocycles. The van der Waals surface area contributed by atoms with Crippen molar-refractivity contribution in [1.82, 2.24) is 29.2 Å². The van der Waals surface area contributed by atoms with Gasteiger partial charge in [-0.2, -0.15) is 0 Å². The summed E-state index contributed by atoms with van der Waals surface area (Å²) < 4.78 is 2.02. The van der Waals surface area contributed by atoms with Crippen LogP contribution in [0.15, 0.2) is 43.1 Å². The molecule has 0 atom stereocenters. The summed E-state index contributed by atoms with van der Waals surface area (Å²) in [6, 6.07) is 6.25. The SMILES string of the molecule is CCCN(CC)C(=O)c1ncn2c(C3CCN(Cc4ccncc4)CC3)ccnc12. The minimum absolute atomic E-state index is 0.0290. The van der Waals surface area contributed by atoms with Crippen molar-refractivity contribution >= 4 is 11.6 Å². The van der Waals surface area contributed by atoms with E-state index in [0.29, 0.717) is 23.8 Å². The first-order valence-electron chi connectivity index (χ1n) is 10.9. The lowest BCUT2D eigenvalue weighted by Crippen LogP contribution is -2.33. The Labute approximate surface area is 177 Å². The number of hydrogen-bond acceptors (Lipinski definition) is 5. The molecule has 7 nitrogen and oxygen atoms in total. The van der Waals surface area contributed by atoms with E-state index in [0.717, 1.165) is 45.4 Å². The maximum Gasteiger partial charge on any atom is 0.276 e. The zero-order valence-corrected chi connectivity index (χ0v) is 17.9. The number of aromatic nitrogens is 4. The maximum absolute atomic E-state index is 12.9. The molecule has 3 aromatic rings. The highest BCUT2D eigenvalue weighted by molar-refractivity contribution is 5.98. The third-order valence-electron chi connectivity index (χ3n) is 5.99. The fourth-order valence-electron chi connectivity index (χ4n) is 4.36. The minimum Gasteiger partial charge on any atom is -0.337 e. The number of imidazole rings is 1. The minimum atomic E-state index is -0.0290. The number of nitrogens with zero attached hydrogens (tertiary/aromatic N) is 6. The number of likely N-dealkylation sites (tertiary alicyclic amines) is 1. The van der Waals surface area contributed by atoms with Gasteiger partial charge < -0.3 is 4.90 Å². The Morgan fingerprint density at radius 1 is 1.10 bits per heavy atom. The average Bonchev–Trinajstić information content (AvgIpc) is 3.22. The molecule has 0 unspecified atom stereocenters. The van der Waals surface area contributed by atoms with Crippen LogP contribution in [0.25, 0.3) is 5.65 Å². The second-order valence-corrected chi connectivity index (χ2v) is 7.95. The Kier molecular flexibility index (Phi) is 6.38. The van der Waals surface area contributed by atoms with E-state index in [2.05, 4.69) is 45.0 Å². The molecule has 158 valence electrons. The summed E-state index contributed by atoms with van der Waals surface area (Å²) in [7, 11) is 0. The molecule has 0 aliphatic carbocycles. The van der Waals surface area contributed by atoms with Crippen LogP contribution < -0.4 is 0 Å². The molecule has 0 spiro atoms. The molecular weight excluding hydrogens is 376 g/mol. The summed E-state index contributed by atoms with van der Waals surface area (Å²) in [4.78, 5) is 30.3. The van der Waals surface area contributed by atoms with Crippen LogP contribution in [0.4, 0.5) is 0 Å². The van der Waals surface area contributed by atoms with E-state index in [-0.39, 0.29) is 5.91 Å². The highest BCUT2D eigenvalue weighted by Gasteiger charge is 2.25. The molecule has 0 N–H and O–H groups in total. The Balaban J connectivity index is 1.49. The van der Waals surface area contributed by atoms with E-state index < -0.39 is 0 Å². The van der Waals surface area contributed by atoms with E-state index >= 15 is 0 Å². The number of rotatable bonds is 7. The van der Waals surface area contributed by atoms with Gasteiger partial charge in [0.1, 0.15) is 6.33 Å². The molecule has 0 radical (unpaired) electrons. The third-order valence-corrected chi connectivity index (χ3v) is 5.99. The summed E-state index contributed by atoms with van der Waals surface area (Å²) in [5.74, 6) is 0.415. The van der Waals surface area contributed by atoms with Crippen LogP contribution in [0.5, 0.6) is 0 Å². The van der Waals surface area contributed by atoms with Gasteiger partial charge in [-0.1, -0.05) is 6.92 Å². The van der Waals surface area contributed by atoms with E-state index in [1.54, 1.807) is 6.33 Å². The maximum atomic E-state index is 12.9. The summed E-state index contributed by atoms with van der Waals surface area (Å²) >= 11 is 0. The van der Waals surface area contributed by atoms with Gasteiger partial charge in [-0.15, -0.1) is 0 Å². The average molecular weight is 407 g/mol. The summed E-state index contributed by atoms with van der Waals surface area (Å²) in [5.41, 5.74) is 3.64. The standard InChI is InChI=1S/C23H30N6O/c1-3-13-28(4-2)23(30)21-22-25-12-7-20(29(22)17-26-21)19-8-14-27(15-9-19)16-18-5-10-24-11-6-18/h5-7,10-12,17,19H,3-4,8-9,13-16H2,1-2H3. The number of amides is 1. The molecular formula is C23H30N6O. The van der Waals surface area contributed by atoms with Crippen LogP contribution in [0, 0.1) is 0 Å².